The van der Waals surface area contributed by atoms with Crippen LogP contribution in [0.15, 0.2) is 44.5 Å². The van der Waals surface area contributed by atoms with Crippen molar-refractivity contribution in [3.8, 4) is 6.07 Å². The number of hydrogen-bond donors (Lipinski definition) is 0. The molecule has 0 bridgehead atoms. The first-order valence-corrected chi connectivity index (χ1v) is 10.3. The molecule has 0 radical (unpaired) electrons. The first-order chi connectivity index (χ1) is 13.4. The van der Waals surface area contributed by atoms with E-state index in [9.17, 15) is 10.1 Å². The Labute approximate surface area is 168 Å². The number of hydrogen-bond acceptors (Lipinski definition) is 5. The number of benzene rings is 1. The molecule has 0 saturated carbocycles. The number of rotatable bonds is 2. The largest absolute Gasteiger partial charge is 0.422 e. The average Bonchev–Trinajstić information content (AvgIpc) is 3.02. The molecule has 0 fully saturated rings. The minimum atomic E-state index is -0.421. The second-order valence-corrected chi connectivity index (χ2v) is 9.47. The zero-order valence-electron chi connectivity index (χ0n) is 16.3. The van der Waals surface area contributed by atoms with Crippen LogP contribution in [0.4, 0.5) is 5.00 Å². The molecule has 28 heavy (non-hydrogen) atoms. The van der Waals surface area contributed by atoms with E-state index >= 15 is 0 Å². The summed E-state index contributed by atoms with van der Waals surface area (Å²) >= 11 is 1.58. The van der Waals surface area contributed by atoms with Crippen LogP contribution in [0, 0.1) is 22.7 Å². The highest BCUT2D eigenvalue weighted by Gasteiger charge is 2.32. The van der Waals surface area contributed by atoms with Crippen LogP contribution in [0.1, 0.15) is 48.8 Å². The zero-order chi connectivity index (χ0) is 19.9. The SMILES string of the molecule is CC(C)(C)[C@@H]1CCc2c(sc(N=Cc3cc4ccccc4oc3=O)c2C#N)C1. The molecule has 5 heteroatoms. The Hall–Kier alpha value is -2.71. The summed E-state index contributed by atoms with van der Waals surface area (Å²) in [5.41, 5.74) is 2.58. The summed E-state index contributed by atoms with van der Waals surface area (Å²) < 4.78 is 5.36. The van der Waals surface area contributed by atoms with Gasteiger partial charge in [0, 0.05) is 16.5 Å². The van der Waals surface area contributed by atoms with Crippen LogP contribution >= 0.6 is 11.3 Å². The van der Waals surface area contributed by atoms with Crippen molar-refractivity contribution in [3.05, 3.63) is 62.3 Å². The summed E-state index contributed by atoms with van der Waals surface area (Å²) in [5, 5.41) is 11.2. The van der Waals surface area contributed by atoms with Gasteiger partial charge >= 0.3 is 5.63 Å². The summed E-state index contributed by atoms with van der Waals surface area (Å²) in [6.07, 6.45) is 4.53. The molecule has 0 saturated heterocycles. The Morgan fingerprint density at radius 1 is 1.32 bits per heavy atom. The summed E-state index contributed by atoms with van der Waals surface area (Å²) in [6, 6.07) is 11.5. The fraction of sp³-hybridized carbons (Fsp3) is 0.348. The van der Waals surface area contributed by atoms with E-state index in [0.29, 0.717) is 27.6 Å². The van der Waals surface area contributed by atoms with Crippen LogP contribution in [-0.4, -0.2) is 6.21 Å². The van der Waals surface area contributed by atoms with Crippen molar-refractivity contribution in [1.82, 2.24) is 0 Å². The Kier molecular flexibility index (Phi) is 4.68. The monoisotopic (exact) mass is 390 g/mol. The fourth-order valence-electron chi connectivity index (χ4n) is 3.81. The molecule has 0 unspecified atom stereocenters. The Morgan fingerprint density at radius 3 is 2.86 bits per heavy atom. The maximum Gasteiger partial charge on any atom is 0.345 e. The van der Waals surface area contributed by atoms with Crippen LogP contribution in [0.2, 0.25) is 0 Å². The lowest BCUT2D eigenvalue weighted by Crippen LogP contribution is -2.26. The zero-order valence-corrected chi connectivity index (χ0v) is 17.1. The van der Waals surface area contributed by atoms with Crippen molar-refractivity contribution in [1.29, 1.82) is 5.26 Å². The predicted molar refractivity (Wildman–Crippen MR) is 114 cm³/mol. The molecule has 2 aromatic heterocycles. The van der Waals surface area contributed by atoms with E-state index in [1.54, 1.807) is 23.5 Å². The van der Waals surface area contributed by atoms with Gasteiger partial charge in [-0.1, -0.05) is 39.0 Å². The topological polar surface area (TPSA) is 66.4 Å². The predicted octanol–water partition coefficient (Wildman–Crippen LogP) is 5.63. The van der Waals surface area contributed by atoms with Crippen molar-refractivity contribution in [2.24, 2.45) is 16.3 Å². The van der Waals surface area contributed by atoms with Gasteiger partial charge in [-0.3, -0.25) is 0 Å². The number of para-hydroxylation sites is 1. The summed E-state index contributed by atoms with van der Waals surface area (Å²) in [6.45, 7) is 6.83. The quantitative estimate of drug-likeness (QED) is 0.421. The average molecular weight is 391 g/mol. The Bertz CT molecular complexity index is 1170. The van der Waals surface area contributed by atoms with Crippen molar-refractivity contribution >= 4 is 33.5 Å². The van der Waals surface area contributed by atoms with E-state index in [1.807, 2.05) is 18.2 Å². The molecule has 1 aliphatic rings. The van der Waals surface area contributed by atoms with Gasteiger partial charge in [-0.25, -0.2) is 9.79 Å². The van der Waals surface area contributed by atoms with Gasteiger partial charge in [0.2, 0.25) is 0 Å². The molecule has 0 N–H and O–H groups in total. The third-order valence-corrected chi connectivity index (χ3v) is 6.73. The number of aliphatic imine (C=N–C) groups is 1. The molecular weight excluding hydrogens is 368 g/mol. The van der Waals surface area contributed by atoms with E-state index < -0.39 is 5.63 Å². The summed E-state index contributed by atoms with van der Waals surface area (Å²) in [5.74, 6) is 0.606. The summed E-state index contributed by atoms with van der Waals surface area (Å²) in [4.78, 5) is 18.0. The van der Waals surface area contributed by atoms with Crippen LogP contribution in [0.25, 0.3) is 11.0 Å². The molecule has 1 atom stereocenters. The minimum Gasteiger partial charge on any atom is -0.422 e. The van der Waals surface area contributed by atoms with Gasteiger partial charge in [0.15, 0.2) is 0 Å². The van der Waals surface area contributed by atoms with E-state index in [4.69, 9.17) is 4.42 Å². The maximum absolute atomic E-state index is 12.2. The second-order valence-electron chi connectivity index (χ2n) is 8.39. The molecule has 4 nitrogen and oxygen atoms in total. The normalized spacial score (nSPS) is 17.0. The van der Waals surface area contributed by atoms with Crippen LogP contribution in [0.5, 0.6) is 0 Å². The van der Waals surface area contributed by atoms with Gasteiger partial charge in [0.05, 0.1) is 11.1 Å². The smallest absolute Gasteiger partial charge is 0.345 e. The number of fused-ring (bicyclic) bond motifs is 2. The third kappa shape index (κ3) is 3.41. The van der Waals surface area contributed by atoms with Gasteiger partial charge in [-0.15, -0.1) is 11.3 Å². The van der Waals surface area contributed by atoms with Gasteiger partial charge in [0.25, 0.3) is 0 Å². The third-order valence-electron chi connectivity index (χ3n) is 5.57. The molecule has 1 aliphatic carbocycles. The van der Waals surface area contributed by atoms with Crippen LogP contribution < -0.4 is 5.63 Å². The maximum atomic E-state index is 12.2. The molecular formula is C23H22N2O2S. The molecule has 2 heterocycles. The molecule has 4 rings (SSSR count). The van der Waals surface area contributed by atoms with Gasteiger partial charge in [-0.05, 0) is 48.3 Å². The van der Waals surface area contributed by atoms with E-state index in [2.05, 4.69) is 31.8 Å². The lowest BCUT2D eigenvalue weighted by molar-refractivity contribution is 0.218. The van der Waals surface area contributed by atoms with Gasteiger partial charge < -0.3 is 4.42 Å². The van der Waals surface area contributed by atoms with Crippen LogP contribution in [0.3, 0.4) is 0 Å². The highest BCUT2D eigenvalue weighted by Crippen LogP contribution is 2.44. The van der Waals surface area contributed by atoms with Gasteiger partial charge in [-0.2, -0.15) is 5.26 Å². The molecule has 3 aromatic rings. The summed E-state index contributed by atoms with van der Waals surface area (Å²) in [7, 11) is 0. The number of nitrogens with zero attached hydrogens (tertiary/aromatic N) is 2. The van der Waals surface area contributed by atoms with Crippen molar-refractivity contribution < 1.29 is 4.42 Å². The molecule has 0 amide bonds. The standard InChI is InChI=1S/C23H22N2O2S/c1-23(2,3)16-8-9-17-18(12-24)21(28-20(17)11-16)25-13-15-10-14-6-4-5-7-19(14)27-22(15)26/h4-7,10,13,16H,8-9,11H2,1-3H3/t16-/m1/s1. The van der Waals surface area contributed by atoms with E-state index in [-0.39, 0.29) is 5.41 Å². The van der Waals surface area contributed by atoms with E-state index in [1.165, 1.54) is 11.1 Å². The lowest BCUT2D eigenvalue weighted by Gasteiger charge is -2.33. The van der Waals surface area contributed by atoms with Gasteiger partial charge in [0.1, 0.15) is 16.7 Å². The minimum absolute atomic E-state index is 0.252. The molecule has 0 aliphatic heterocycles. The van der Waals surface area contributed by atoms with Crippen molar-refractivity contribution in [2.75, 3.05) is 0 Å². The number of thiophene rings is 1. The highest BCUT2D eigenvalue weighted by molar-refractivity contribution is 7.16. The molecule has 0 spiro atoms. The molecule has 1 aromatic carbocycles. The fourth-order valence-corrected chi connectivity index (χ4v) is 5.03. The Balaban J connectivity index is 1.70. The van der Waals surface area contributed by atoms with Crippen LogP contribution in [-0.2, 0) is 12.8 Å². The first-order valence-electron chi connectivity index (χ1n) is 9.48. The lowest BCUT2D eigenvalue weighted by atomic mass is 9.72. The first kappa shape index (κ1) is 18.6. The number of nitriles is 1. The second kappa shape index (κ2) is 7.03. The Morgan fingerprint density at radius 2 is 2.11 bits per heavy atom. The van der Waals surface area contributed by atoms with Crippen molar-refractivity contribution in [2.45, 2.75) is 40.0 Å². The molecule has 142 valence electrons. The van der Waals surface area contributed by atoms with E-state index in [0.717, 1.165) is 30.2 Å². The van der Waals surface area contributed by atoms with Crippen molar-refractivity contribution in [3.63, 3.8) is 0 Å². The highest BCUT2D eigenvalue weighted by atomic mass is 32.1.